The molecule has 90 valence electrons. The first kappa shape index (κ1) is 12.9. The normalized spacial score (nSPS) is 17.2. The van der Waals surface area contributed by atoms with Gasteiger partial charge in [-0.3, -0.25) is 14.5 Å². The molecule has 1 aliphatic rings. The van der Waals surface area contributed by atoms with Crippen LogP contribution in [0.5, 0.6) is 0 Å². The molecule has 1 heterocycles. The van der Waals surface area contributed by atoms with Crippen LogP contribution in [0.1, 0.15) is 13.3 Å². The minimum absolute atomic E-state index is 0.107. The molecule has 2 amide bonds. The van der Waals surface area contributed by atoms with Crippen LogP contribution in [-0.4, -0.2) is 49.6 Å². The Morgan fingerprint density at radius 2 is 1.94 bits per heavy atom. The van der Waals surface area contributed by atoms with E-state index in [1.54, 1.807) is 0 Å². The number of ether oxygens (including phenoxy) is 1. The van der Waals surface area contributed by atoms with Crippen molar-refractivity contribution >= 4 is 11.8 Å². The summed E-state index contributed by atoms with van der Waals surface area (Å²) in [6.07, 6.45) is 3.28. The zero-order valence-electron chi connectivity index (χ0n) is 9.73. The predicted molar refractivity (Wildman–Crippen MR) is 59.8 cm³/mol. The lowest BCUT2D eigenvalue weighted by Crippen LogP contribution is -2.38. The summed E-state index contributed by atoms with van der Waals surface area (Å²) < 4.78 is 5.34. The van der Waals surface area contributed by atoms with Crippen LogP contribution >= 0.6 is 0 Å². The molecular formula is C11H18N2O3. The molecule has 0 aromatic heterocycles. The second-order valence-electron chi connectivity index (χ2n) is 3.73. The summed E-state index contributed by atoms with van der Waals surface area (Å²) in [5.74, 6) is -0.458. The fourth-order valence-electron chi connectivity index (χ4n) is 1.51. The summed E-state index contributed by atoms with van der Waals surface area (Å²) in [4.78, 5) is 23.9. The standard InChI is InChI=1S/C11H18N2O3/c1-9(5-7-16-8-6-12-2)13-10(14)3-4-11(13)15/h3-4,9,12H,5-8H2,1-2H3. The van der Waals surface area contributed by atoms with E-state index in [0.29, 0.717) is 19.6 Å². The van der Waals surface area contributed by atoms with Gasteiger partial charge < -0.3 is 10.1 Å². The molecule has 1 aliphatic heterocycles. The number of hydrogen-bond acceptors (Lipinski definition) is 4. The van der Waals surface area contributed by atoms with Crippen molar-refractivity contribution in [1.82, 2.24) is 10.2 Å². The molecule has 1 N–H and O–H groups in total. The van der Waals surface area contributed by atoms with Gasteiger partial charge in [0.25, 0.3) is 11.8 Å². The van der Waals surface area contributed by atoms with Gasteiger partial charge in [-0.25, -0.2) is 0 Å². The Hall–Kier alpha value is -1.20. The van der Waals surface area contributed by atoms with Crippen LogP contribution in [0, 0.1) is 0 Å². The first-order chi connectivity index (χ1) is 7.66. The molecule has 0 bridgehead atoms. The number of nitrogens with one attached hydrogen (secondary N) is 1. The Morgan fingerprint density at radius 3 is 2.50 bits per heavy atom. The highest BCUT2D eigenvalue weighted by molar-refractivity contribution is 6.13. The van der Waals surface area contributed by atoms with E-state index in [9.17, 15) is 9.59 Å². The lowest BCUT2D eigenvalue weighted by Gasteiger charge is -2.22. The lowest BCUT2D eigenvalue weighted by atomic mass is 10.2. The topological polar surface area (TPSA) is 58.6 Å². The quantitative estimate of drug-likeness (QED) is 0.487. The highest BCUT2D eigenvalue weighted by Gasteiger charge is 2.27. The average molecular weight is 226 g/mol. The molecule has 0 aromatic carbocycles. The number of amides is 2. The number of hydrogen-bond donors (Lipinski definition) is 1. The molecule has 1 atom stereocenters. The Labute approximate surface area is 95.4 Å². The van der Waals surface area contributed by atoms with Gasteiger partial charge in [0.15, 0.2) is 0 Å². The second kappa shape index (κ2) is 6.40. The SMILES string of the molecule is CNCCOCCC(C)N1C(=O)C=CC1=O. The van der Waals surface area contributed by atoms with E-state index < -0.39 is 0 Å². The third-order valence-electron chi connectivity index (χ3n) is 2.46. The maximum atomic E-state index is 11.3. The average Bonchev–Trinajstić information content (AvgIpc) is 2.58. The van der Waals surface area contributed by atoms with Crippen molar-refractivity contribution < 1.29 is 14.3 Å². The van der Waals surface area contributed by atoms with E-state index >= 15 is 0 Å². The zero-order valence-corrected chi connectivity index (χ0v) is 9.73. The smallest absolute Gasteiger partial charge is 0.253 e. The van der Waals surface area contributed by atoms with Gasteiger partial charge in [-0.15, -0.1) is 0 Å². The summed E-state index contributed by atoms with van der Waals surface area (Å²) in [5, 5.41) is 2.97. The van der Waals surface area contributed by atoms with E-state index in [0.717, 1.165) is 6.54 Å². The van der Waals surface area contributed by atoms with Gasteiger partial charge in [-0.2, -0.15) is 0 Å². The minimum Gasteiger partial charge on any atom is -0.380 e. The first-order valence-corrected chi connectivity index (χ1v) is 5.44. The van der Waals surface area contributed by atoms with E-state index in [4.69, 9.17) is 4.74 Å². The van der Waals surface area contributed by atoms with Crippen molar-refractivity contribution in [2.75, 3.05) is 26.8 Å². The van der Waals surface area contributed by atoms with Gasteiger partial charge in [0.2, 0.25) is 0 Å². The molecule has 5 nitrogen and oxygen atoms in total. The van der Waals surface area contributed by atoms with E-state index in [1.165, 1.54) is 17.1 Å². The Balaban J connectivity index is 2.22. The van der Waals surface area contributed by atoms with Gasteiger partial charge in [-0.1, -0.05) is 0 Å². The van der Waals surface area contributed by atoms with Crippen LogP contribution in [0.15, 0.2) is 12.2 Å². The molecule has 1 unspecified atom stereocenters. The Bertz CT molecular complexity index is 271. The maximum Gasteiger partial charge on any atom is 0.253 e. The van der Waals surface area contributed by atoms with Gasteiger partial charge in [0.05, 0.1) is 6.61 Å². The predicted octanol–water partition coefficient (Wildman–Crippen LogP) is -0.0740. The van der Waals surface area contributed by atoms with Crippen LogP contribution in [-0.2, 0) is 14.3 Å². The fraction of sp³-hybridized carbons (Fsp3) is 0.636. The summed E-state index contributed by atoms with van der Waals surface area (Å²) in [5.41, 5.74) is 0. The Morgan fingerprint density at radius 1 is 1.31 bits per heavy atom. The highest BCUT2D eigenvalue weighted by Crippen LogP contribution is 2.11. The first-order valence-electron chi connectivity index (χ1n) is 5.44. The second-order valence-corrected chi connectivity index (χ2v) is 3.73. The van der Waals surface area contributed by atoms with Crippen molar-refractivity contribution in [3.05, 3.63) is 12.2 Å². The van der Waals surface area contributed by atoms with Gasteiger partial charge in [0.1, 0.15) is 0 Å². The van der Waals surface area contributed by atoms with E-state index in [2.05, 4.69) is 5.32 Å². The van der Waals surface area contributed by atoms with Gasteiger partial charge in [-0.05, 0) is 20.4 Å². The van der Waals surface area contributed by atoms with Crippen LogP contribution < -0.4 is 5.32 Å². The molecule has 0 spiro atoms. The van der Waals surface area contributed by atoms with Crippen LogP contribution in [0.3, 0.4) is 0 Å². The molecular weight excluding hydrogens is 208 g/mol. The highest BCUT2D eigenvalue weighted by atomic mass is 16.5. The number of rotatable bonds is 7. The monoisotopic (exact) mass is 226 g/mol. The molecule has 5 heteroatoms. The number of carbonyl (C=O) groups is 2. The molecule has 16 heavy (non-hydrogen) atoms. The van der Waals surface area contributed by atoms with Crippen molar-refractivity contribution in [3.8, 4) is 0 Å². The largest absolute Gasteiger partial charge is 0.380 e. The van der Waals surface area contributed by atoms with Crippen molar-refractivity contribution in [2.45, 2.75) is 19.4 Å². The van der Waals surface area contributed by atoms with Crippen molar-refractivity contribution in [2.24, 2.45) is 0 Å². The zero-order chi connectivity index (χ0) is 12.0. The number of imide groups is 1. The van der Waals surface area contributed by atoms with Crippen LogP contribution in [0.2, 0.25) is 0 Å². The van der Waals surface area contributed by atoms with E-state index in [1.807, 2.05) is 14.0 Å². The summed E-state index contributed by atoms with van der Waals surface area (Å²) in [6.45, 7) is 3.85. The molecule has 0 saturated heterocycles. The molecule has 0 saturated carbocycles. The van der Waals surface area contributed by atoms with Crippen LogP contribution in [0.25, 0.3) is 0 Å². The van der Waals surface area contributed by atoms with Crippen molar-refractivity contribution in [1.29, 1.82) is 0 Å². The Kier molecular flexibility index (Phi) is 5.14. The molecule has 0 fully saturated rings. The van der Waals surface area contributed by atoms with E-state index in [-0.39, 0.29) is 17.9 Å². The molecule has 0 aliphatic carbocycles. The number of nitrogens with zero attached hydrogens (tertiary/aromatic N) is 1. The minimum atomic E-state index is -0.229. The third-order valence-corrected chi connectivity index (χ3v) is 2.46. The molecule has 1 rings (SSSR count). The van der Waals surface area contributed by atoms with Crippen LogP contribution in [0.4, 0.5) is 0 Å². The van der Waals surface area contributed by atoms with Gasteiger partial charge in [0, 0.05) is 31.3 Å². The fourth-order valence-corrected chi connectivity index (χ4v) is 1.51. The lowest BCUT2D eigenvalue weighted by molar-refractivity contribution is -0.139. The maximum absolute atomic E-state index is 11.3. The summed E-state index contributed by atoms with van der Waals surface area (Å²) in [6, 6.07) is -0.107. The van der Waals surface area contributed by atoms with Crippen molar-refractivity contribution in [3.63, 3.8) is 0 Å². The third kappa shape index (κ3) is 3.43. The van der Waals surface area contributed by atoms with Gasteiger partial charge >= 0.3 is 0 Å². The molecule has 0 radical (unpaired) electrons. The summed E-state index contributed by atoms with van der Waals surface area (Å²) in [7, 11) is 1.86. The molecule has 0 aromatic rings. The number of carbonyl (C=O) groups excluding carboxylic acids is 2. The summed E-state index contributed by atoms with van der Waals surface area (Å²) >= 11 is 0. The number of likely N-dealkylation sites (N-methyl/N-ethyl adjacent to an activating group) is 1.